The number of aromatic nitrogens is 2. The molecule has 5 nitrogen and oxygen atoms in total. The predicted octanol–water partition coefficient (Wildman–Crippen LogP) is 3.79. The van der Waals surface area contributed by atoms with Gasteiger partial charge in [0.15, 0.2) is 0 Å². The van der Waals surface area contributed by atoms with Crippen LogP contribution in [0, 0.1) is 18.3 Å². The van der Waals surface area contributed by atoms with Crippen LogP contribution in [0.15, 0.2) is 30.6 Å². The molecule has 0 aliphatic rings. The number of nitriles is 1. The van der Waals surface area contributed by atoms with Crippen LogP contribution in [0.1, 0.15) is 16.8 Å². The molecule has 128 valence electrons. The number of benzene rings is 1. The van der Waals surface area contributed by atoms with Crippen molar-refractivity contribution in [2.45, 2.75) is 13.1 Å². The first-order chi connectivity index (χ1) is 11.8. The number of nitrogens with zero attached hydrogens (tertiary/aromatic N) is 3. The molecule has 0 saturated heterocycles. The zero-order chi connectivity index (χ0) is 18.4. The summed E-state index contributed by atoms with van der Waals surface area (Å²) in [5.41, 5.74) is 6.65. The van der Waals surface area contributed by atoms with Crippen molar-refractivity contribution in [3.8, 4) is 22.9 Å². The molecule has 25 heavy (non-hydrogen) atoms. The van der Waals surface area contributed by atoms with E-state index in [1.54, 1.807) is 25.1 Å². The van der Waals surface area contributed by atoms with E-state index in [0.717, 1.165) is 16.8 Å². The highest BCUT2D eigenvalue weighted by atomic mass is 19.4. The van der Waals surface area contributed by atoms with Crippen molar-refractivity contribution in [2.24, 2.45) is 0 Å². The van der Waals surface area contributed by atoms with Crippen LogP contribution in [0.5, 0.6) is 5.75 Å². The minimum atomic E-state index is -4.61. The fraction of sp³-hybridized carbons (Fsp3) is 0.176. The van der Waals surface area contributed by atoms with Gasteiger partial charge in [0.2, 0.25) is 0 Å². The number of nitrogens with two attached hydrogens (primary N) is 1. The zero-order valence-electron chi connectivity index (χ0n) is 13.3. The Morgan fingerprint density at radius 3 is 2.64 bits per heavy atom. The third-order valence-corrected chi connectivity index (χ3v) is 4.02. The highest BCUT2D eigenvalue weighted by molar-refractivity contribution is 5.92. The summed E-state index contributed by atoms with van der Waals surface area (Å²) in [4.78, 5) is 3.91. The van der Waals surface area contributed by atoms with E-state index in [4.69, 9.17) is 10.5 Å². The van der Waals surface area contributed by atoms with E-state index in [0.29, 0.717) is 16.9 Å². The molecule has 1 aromatic carbocycles. The lowest BCUT2D eigenvalue weighted by molar-refractivity contribution is -0.141. The SMILES string of the molecule is COc1cccc(-c2c(N)c(C#N)cn3c(C(F)(F)F)cnc23)c1C. The molecule has 8 heteroatoms. The second kappa shape index (κ2) is 5.70. The van der Waals surface area contributed by atoms with Crippen molar-refractivity contribution < 1.29 is 17.9 Å². The molecule has 0 amide bonds. The van der Waals surface area contributed by atoms with Crippen LogP contribution in [-0.4, -0.2) is 16.5 Å². The summed E-state index contributed by atoms with van der Waals surface area (Å²) in [7, 11) is 1.49. The summed E-state index contributed by atoms with van der Waals surface area (Å²) in [6.07, 6.45) is -2.82. The second-order valence-corrected chi connectivity index (χ2v) is 5.41. The fourth-order valence-corrected chi connectivity index (χ4v) is 2.80. The average molecular weight is 346 g/mol. The van der Waals surface area contributed by atoms with Crippen LogP contribution in [0.25, 0.3) is 16.8 Å². The van der Waals surface area contributed by atoms with Gasteiger partial charge in [-0.15, -0.1) is 0 Å². The van der Waals surface area contributed by atoms with Crippen molar-refractivity contribution in [3.05, 3.63) is 47.4 Å². The van der Waals surface area contributed by atoms with Gasteiger partial charge in [0.05, 0.1) is 24.6 Å². The van der Waals surface area contributed by atoms with Crippen molar-refractivity contribution >= 4 is 11.3 Å². The van der Waals surface area contributed by atoms with Crippen molar-refractivity contribution in [2.75, 3.05) is 12.8 Å². The van der Waals surface area contributed by atoms with Gasteiger partial charge in [-0.3, -0.25) is 4.40 Å². The molecular formula is C17H13F3N4O. The maximum absolute atomic E-state index is 13.2. The number of methoxy groups -OCH3 is 1. The molecule has 0 unspecified atom stereocenters. The number of pyridine rings is 1. The van der Waals surface area contributed by atoms with Gasteiger partial charge in [-0.25, -0.2) is 4.98 Å². The van der Waals surface area contributed by atoms with E-state index < -0.39 is 11.9 Å². The first-order valence-corrected chi connectivity index (χ1v) is 7.20. The summed E-state index contributed by atoms with van der Waals surface area (Å²) in [5, 5.41) is 9.28. The Bertz CT molecular complexity index is 1020. The van der Waals surface area contributed by atoms with Crippen LogP contribution < -0.4 is 10.5 Å². The second-order valence-electron chi connectivity index (χ2n) is 5.41. The van der Waals surface area contributed by atoms with Gasteiger partial charge in [0, 0.05) is 11.8 Å². The summed E-state index contributed by atoms with van der Waals surface area (Å²) in [6.45, 7) is 1.76. The van der Waals surface area contributed by atoms with Gasteiger partial charge in [-0.1, -0.05) is 12.1 Å². The summed E-state index contributed by atoms with van der Waals surface area (Å²) in [5.74, 6) is 0.556. The number of ether oxygens (including phenoxy) is 1. The number of hydrogen-bond acceptors (Lipinski definition) is 4. The van der Waals surface area contributed by atoms with Crippen LogP contribution in [-0.2, 0) is 6.18 Å². The number of fused-ring (bicyclic) bond motifs is 1. The smallest absolute Gasteiger partial charge is 0.433 e. The molecule has 3 rings (SSSR count). The lowest BCUT2D eigenvalue weighted by atomic mass is 9.97. The van der Waals surface area contributed by atoms with Crippen LogP contribution >= 0.6 is 0 Å². The van der Waals surface area contributed by atoms with E-state index in [9.17, 15) is 18.4 Å². The Labute approximate surface area is 141 Å². The molecular weight excluding hydrogens is 333 g/mol. The number of alkyl halides is 3. The Hall–Kier alpha value is -3.21. The van der Waals surface area contributed by atoms with Crippen molar-refractivity contribution in [1.29, 1.82) is 5.26 Å². The molecule has 0 atom stereocenters. The molecule has 0 spiro atoms. The first-order valence-electron chi connectivity index (χ1n) is 7.20. The largest absolute Gasteiger partial charge is 0.496 e. The zero-order valence-corrected chi connectivity index (χ0v) is 13.3. The van der Waals surface area contributed by atoms with E-state index in [2.05, 4.69) is 4.98 Å². The number of rotatable bonds is 2. The lowest BCUT2D eigenvalue weighted by Gasteiger charge is -2.15. The van der Waals surface area contributed by atoms with Gasteiger partial charge < -0.3 is 10.5 Å². The maximum Gasteiger partial charge on any atom is 0.433 e. The number of nitrogen functional groups attached to an aromatic ring is 1. The first kappa shape index (κ1) is 16.6. The fourth-order valence-electron chi connectivity index (χ4n) is 2.80. The van der Waals surface area contributed by atoms with Gasteiger partial charge >= 0.3 is 6.18 Å². The molecule has 2 N–H and O–H groups in total. The third-order valence-electron chi connectivity index (χ3n) is 4.02. The average Bonchev–Trinajstić information content (AvgIpc) is 2.98. The molecule has 0 bridgehead atoms. The lowest BCUT2D eigenvalue weighted by Crippen LogP contribution is -2.10. The summed E-state index contributed by atoms with van der Waals surface area (Å²) >= 11 is 0. The Kier molecular flexibility index (Phi) is 3.80. The van der Waals surface area contributed by atoms with Crippen molar-refractivity contribution in [1.82, 2.24) is 9.38 Å². The van der Waals surface area contributed by atoms with Gasteiger partial charge in [-0.2, -0.15) is 18.4 Å². The number of hydrogen-bond donors (Lipinski definition) is 1. The number of anilines is 1. The molecule has 0 aliphatic carbocycles. The Morgan fingerprint density at radius 2 is 2.04 bits per heavy atom. The molecule has 0 fully saturated rings. The third kappa shape index (κ3) is 2.54. The van der Waals surface area contributed by atoms with E-state index in [1.807, 2.05) is 6.07 Å². The topological polar surface area (TPSA) is 76.3 Å². The minimum absolute atomic E-state index is 0.0279. The summed E-state index contributed by atoms with van der Waals surface area (Å²) in [6, 6.07) is 6.97. The van der Waals surface area contributed by atoms with Crippen molar-refractivity contribution in [3.63, 3.8) is 0 Å². The molecule has 2 heterocycles. The summed E-state index contributed by atoms with van der Waals surface area (Å²) < 4.78 is 45.8. The normalized spacial score (nSPS) is 11.5. The molecule has 0 aliphatic heterocycles. The van der Waals surface area contributed by atoms with Gasteiger partial charge in [-0.05, 0) is 24.1 Å². The maximum atomic E-state index is 13.2. The number of halogens is 3. The highest BCUT2D eigenvalue weighted by Gasteiger charge is 2.35. The van der Waals surface area contributed by atoms with Crippen LogP contribution in [0.3, 0.4) is 0 Å². The molecule has 3 aromatic rings. The monoisotopic (exact) mass is 346 g/mol. The molecule has 0 radical (unpaired) electrons. The molecule has 0 saturated carbocycles. The standard InChI is InChI=1S/C17H13F3N4O/c1-9-11(4-3-5-12(9)25-2)14-15(22)10(6-21)8-24-13(17(18,19)20)7-23-16(14)24/h3-5,7-8H,22H2,1-2H3. The minimum Gasteiger partial charge on any atom is -0.496 e. The van der Waals surface area contributed by atoms with E-state index in [1.165, 1.54) is 7.11 Å². The Morgan fingerprint density at radius 1 is 1.32 bits per heavy atom. The van der Waals surface area contributed by atoms with Crippen LogP contribution in [0.4, 0.5) is 18.9 Å². The van der Waals surface area contributed by atoms with Gasteiger partial charge in [0.1, 0.15) is 23.2 Å². The molecule has 2 aromatic heterocycles. The predicted molar refractivity (Wildman–Crippen MR) is 86.0 cm³/mol. The van der Waals surface area contributed by atoms with E-state index in [-0.39, 0.29) is 22.5 Å². The Balaban J connectivity index is 2.45. The van der Waals surface area contributed by atoms with Crippen LogP contribution in [0.2, 0.25) is 0 Å². The highest BCUT2D eigenvalue weighted by Crippen LogP contribution is 2.39. The van der Waals surface area contributed by atoms with E-state index >= 15 is 0 Å². The number of imidazole rings is 1. The van der Waals surface area contributed by atoms with Gasteiger partial charge in [0.25, 0.3) is 0 Å². The quantitative estimate of drug-likeness (QED) is 0.766.